The second kappa shape index (κ2) is 14.1. The molecule has 0 rings (SSSR count). The lowest BCUT2D eigenvalue weighted by molar-refractivity contribution is -0.143. The Labute approximate surface area is 122 Å². The highest BCUT2D eigenvalue weighted by Gasteiger charge is 1.99. The van der Waals surface area contributed by atoms with Gasteiger partial charge in [-0.15, -0.1) is 0 Å². The van der Waals surface area contributed by atoms with Gasteiger partial charge in [0.15, 0.2) is 0 Å². The van der Waals surface area contributed by atoms with Crippen LogP contribution in [0, 0.1) is 0 Å². The second-order valence-corrected chi connectivity index (χ2v) is 4.68. The first-order valence-electron chi connectivity index (χ1n) is 7.69. The van der Waals surface area contributed by atoms with Crippen molar-refractivity contribution in [2.75, 3.05) is 13.2 Å². The molecule has 0 radical (unpaired) electrons. The summed E-state index contributed by atoms with van der Waals surface area (Å²) in [6.07, 6.45) is 11.0. The van der Waals surface area contributed by atoms with Crippen LogP contribution in [0.25, 0.3) is 0 Å². The van der Waals surface area contributed by atoms with Crippen molar-refractivity contribution in [1.82, 2.24) is 0 Å². The molecule has 0 saturated carbocycles. The molecule has 0 aromatic carbocycles. The van der Waals surface area contributed by atoms with Crippen LogP contribution >= 0.6 is 0 Å². The Balaban J connectivity index is 3.25. The van der Waals surface area contributed by atoms with Crippen molar-refractivity contribution < 1.29 is 19.1 Å². The Morgan fingerprint density at radius 2 is 1.65 bits per heavy atom. The molecule has 0 aliphatic carbocycles. The van der Waals surface area contributed by atoms with Gasteiger partial charge in [0.2, 0.25) is 0 Å². The molecule has 0 spiro atoms. The zero-order valence-electron chi connectivity index (χ0n) is 12.9. The summed E-state index contributed by atoms with van der Waals surface area (Å²) in [6.45, 7) is 4.73. The minimum absolute atomic E-state index is 0.0865. The van der Waals surface area contributed by atoms with E-state index in [-0.39, 0.29) is 11.9 Å². The van der Waals surface area contributed by atoms with E-state index in [0.717, 1.165) is 44.9 Å². The molecule has 0 saturated heterocycles. The van der Waals surface area contributed by atoms with E-state index in [1.165, 1.54) is 6.08 Å². The fourth-order valence-corrected chi connectivity index (χ4v) is 1.73. The Hall–Kier alpha value is -1.32. The molecular weight excluding hydrogens is 256 g/mol. The van der Waals surface area contributed by atoms with Gasteiger partial charge in [-0.25, -0.2) is 4.79 Å². The molecule has 0 N–H and O–H groups in total. The largest absolute Gasteiger partial charge is 0.466 e. The number of carbonyl (C=O) groups is 2. The molecule has 4 heteroatoms. The van der Waals surface area contributed by atoms with E-state index in [1.807, 2.05) is 13.0 Å². The number of ether oxygens (including phenoxy) is 2. The molecular formula is C16H28O4. The van der Waals surface area contributed by atoms with Gasteiger partial charge in [-0.3, -0.25) is 4.79 Å². The van der Waals surface area contributed by atoms with Gasteiger partial charge < -0.3 is 9.47 Å². The third kappa shape index (κ3) is 13.1. The van der Waals surface area contributed by atoms with Gasteiger partial charge in [0.25, 0.3) is 0 Å². The molecule has 116 valence electrons. The molecule has 0 fully saturated rings. The molecule has 0 atom stereocenters. The molecule has 0 bridgehead atoms. The molecule has 20 heavy (non-hydrogen) atoms. The first kappa shape index (κ1) is 18.7. The van der Waals surface area contributed by atoms with Crippen molar-refractivity contribution in [2.24, 2.45) is 0 Å². The summed E-state index contributed by atoms with van der Waals surface area (Å²) in [7, 11) is 0. The fourth-order valence-electron chi connectivity index (χ4n) is 1.73. The summed E-state index contributed by atoms with van der Waals surface area (Å²) < 4.78 is 9.86. The predicted octanol–water partition coefficient (Wildman–Crippen LogP) is 3.79. The van der Waals surface area contributed by atoms with Gasteiger partial charge >= 0.3 is 11.9 Å². The van der Waals surface area contributed by atoms with E-state index in [0.29, 0.717) is 19.6 Å². The average Bonchev–Trinajstić information content (AvgIpc) is 2.41. The smallest absolute Gasteiger partial charge is 0.330 e. The molecule has 4 nitrogen and oxygen atoms in total. The summed E-state index contributed by atoms with van der Waals surface area (Å²) in [5, 5.41) is 0. The van der Waals surface area contributed by atoms with Crippen molar-refractivity contribution in [3.05, 3.63) is 12.2 Å². The summed E-state index contributed by atoms with van der Waals surface area (Å²) in [5.74, 6) is -0.349. The topological polar surface area (TPSA) is 52.6 Å². The lowest BCUT2D eigenvalue weighted by Gasteiger charge is -2.03. The Morgan fingerprint density at radius 3 is 2.35 bits per heavy atom. The van der Waals surface area contributed by atoms with E-state index in [9.17, 15) is 9.59 Å². The Morgan fingerprint density at radius 1 is 0.950 bits per heavy atom. The highest BCUT2D eigenvalue weighted by atomic mass is 16.5. The van der Waals surface area contributed by atoms with Gasteiger partial charge in [0.1, 0.15) is 0 Å². The lowest BCUT2D eigenvalue weighted by atomic mass is 10.1. The van der Waals surface area contributed by atoms with Crippen LogP contribution < -0.4 is 0 Å². The Kier molecular flexibility index (Phi) is 13.2. The fraction of sp³-hybridized carbons (Fsp3) is 0.750. The van der Waals surface area contributed by atoms with Crippen molar-refractivity contribution in [2.45, 2.75) is 65.2 Å². The minimum atomic E-state index is -0.263. The van der Waals surface area contributed by atoms with Gasteiger partial charge in [-0.1, -0.05) is 32.3 Å². The van der Waals surface area contributed by atoms with E-state index < -0.39 is 0 Å². The molecule has 0 unspecified atom stereocenters. The molecule has 0 aromatic heterocycles. The maximum atomic E-state index is 11.1. The number of carbonyl (C=O) groups excluding carboxylic acids is 2. The van der Waals surface area contributed by atoms with E-state index in [2.05, 4.69) is 0 Å². The number of hydrogen-bond donors (Lipinski definition) is 0. The summed E-state index contributed by atoms with van der Waals surface area (Å²) in [6, 6.07) is 0. The van der Waals surface area contributed by atoms with Crippen LogP contribution in [0.5, 0.6) is 0 Å². The van der Waals surface area contributed by atoms with Crippen molar-refractivity contribution in [3.8, 4) is 0 Å². The predicted molar refractivity (Wildman–Crippen MR) is 79.3 cm³/mol. The number of esters is 2. The second-order valence-electron chi connectivity index (χ2n) is 4.68. The van der Waals surface area contributed by atoms with Crippen molar-refractivity contribution in [3.63, 3.8) is 0 Å². The van der Waals surface area contributed by atoms with Gasteiger partial charge in [0, 0.05) is 12.5 Å². The number of rotatable bonds is 12. The highest BCUT2D eigenvalue weighted by Crippen LogP contribution is 2.06. The van der Waals surface area contributed by atoms with E-state index in [4.69, 9.17) is 9.47 Å². The van der Waals surface area contributed by atoms with Crippen LogP contribution in [0.3, 0.4) is 0 Å². The summed E-state index contributed by atoms with van der Waals surface area (Å²) in [5.41, 5.74) is 0. The number of unbranched alkanes of at least 4 members (excludes halogenated alkanes) is 5. The molecule has 0 aliphatic heterocycles. The van der Waals surface area contributed by atoms with Gasteiger partial charge in [-0.05, 0) is 32.6 Å². The standard InChI is InChI=1S/C16H28O4/c1-3-12-15(17)20-14-11-9-7-5-6-8-10-13-16(18)19-4-2/h10,13H,3-9,11-12,14H2,1-2H3/b13-10+. The number of hydrogen-bond acceptors (Lipinski definition) is 4. The van der Waals surface area contributed by atoms with Crippen LogP contribution in [0.2, 0.25) is 0 Å². The molecule has 0 aromatic rings. The lowest BCUT2D eigenvalue weighted by Crippen LogP contribution is -2.04. The minimum Gasteiger partial charge on any atom is -0.466 e. The average molecular weight is 284 g/mol. The quantitative estimate of drug-likeness (QED) is 0.311. The first-order chi connectivity index (χ1) is 9.70. The van der Waals surface area contributed by atoms with Crippen molar-refractivity contribution >= 4 is 11.9 Å². The Bertz CT molecular complexity index is 284. The zero-order valence-corrected chi connectivity index (χ0v) is 12.9. The molecule has 0 heterocycles. The van der Waals surface area contributed by atoms with Crippen LogP contribution in [-0.2, 0) is 19.1 Å². The van der Waals surface area contributed by atoms with E-state index in [1.54, 1.807) is 6.92 Å². The van der Waals surface area contributed by atoms with Crippen molar-refractivity contribution in [1.29, 1.82) is 0 Å². The highest BCUT2D eigenvalue weighted by molar-refractivity contribution is 5.81. The number of allylic oxidation sites excluding steroid dienone is 1. The third-order valence-electron chi connectivity index (χ3n) is 2.77. The van der Waals surface area contributed by atoms with Gasteiger partial charge in [0.05, 0.1) is 13.2 Å². The maximum Gasteiger partial charge on any atom is 0.330 e. The van der Waals surface area contributed by atoms with Crippen LogP contribution in [0.4, 0.5) is 0 Å². The van der Waals surface area contributed by atoms with Gasteiger partial charge in [-0.2, -0.15) is 0 Å². The summed E-state index contributed by atoms with van der Waals surface area (Å²) in [4.78, 5) is 22.1. The monoisotopic (exact) mass is 284 g/mol. The molecule has 0 amide bonds. The van der Waals surface area contributed by atoms with Crippen LogP contribution in [-0.4, -0.2) is 25.2 Å². The maximum absolute atomic E-state index is 11.1. The zero-order chi connectivity index (χ0) is 15.1. The first-order valence-corrected chi connectivity index (χ1v) is 7.69. The normalized spacial score (nSPS) is 10.7. The van der Waals surface area contributed by atoms with Crippen LogP contribution in [0.1, 0.15) is 65.2 Å². The molecule has 0 aliphatic rings. The van der Waals surface area contributed by atoms with Crippen LogP contribution in [0.15, 0.2) is 12.2 Å². The SMILES string of the molecule is CCCC(=O)OCCCCCCC/C=C/C(=O)OCC. The summed E-state index contributed by atoms with van der Waals surface area (Å²) >= 11 is 0. The third-order valence-corrected chi connectivity index (χ3v) is 2.77. The van der Waals surface area contributed by atoms with E-state index >= 15 is 0 Å².